The zero-order chi connectivity index (χ0) is 10.6. The predicted molar refractivity (Wildman–Crippen MR) is 58.1 cm³/mol. The topological polar surface area (TPSA) is 12.0 Å². The number of hydrogen-bond acceptors (Lipinski definition) is 1. The second-order valence-corrected chi connectivity index (χ2v) is 3.75. The highest BCUT2D eigenvalue weighted by Gasteiger charge is 2.05. The molecule has 78 valence electrons. The molecule has 0 amide bonds. The zero-order valence-corrected chi connectivity index (χ0v) is 9.15. The Balaban J connectivity index is 2.75. The molecule has 14 heavy (non-hydrogen) atoms. The molecule has 2 heteroatoms. The average Bonchev–Trinajstić information content (AvgIpc) is 2.09. The molecule has 1 aromatic rings. The maximum absolute atomic E-state index is 13.5. The van der Waals surface area contributed by atoms with Crippen LogP contribution >= 0.6 is 0 Å². The van der Waals surface area contributed by atoms with Crippen molar-refractivity contribution in [1.29, 1.82) is 0 Å². The molecule has 0 unspecified atom stereocenters. The van der Waals surface area contributed by atoms with Crippen LogP contribution in [0.25, 0.3) is 0 Å². The summed E-state index contributed by atoms with van der Waals surface area (Å²) < 4.78 is 13.5. The van der Waals surface area contributed by atoms with E-state index in [1.165, 1.54) is 0 Å². The van der Waals surface area contributed by atoms with E-state index < -0.39 is 0 Å². The SMILES string of the molecule is CNCCCc1c(C)cc(C)cc1F. The van der Waals surface area contributed by atoms with E-state index in [1.54, 1.807) is 6.07 Å². The van der Waals surface area contributed by atoms with Gasteiger partial charge in [-0.1, -0.05) is 6.07 Å². The minimum absolute atomic E-state index is 0.0568. The van der Waals surface area contributed by atoms with E-state index in [4.69, 9.17) is 0 Å². The molecule has 0 heterocycles. The van der Waals surface area contributed by atoms with Crippen LogP contribution in [0.15, 0.2) is 12.1 Å². The van der Waals surface area contributed by atoms with Crippen molar-refractivity contribution in [3.05, 3.63) is 34.6 Å². The van der Waals surface area contributed by atoms with Crippen molar-refractivity contribution in [2.45, 2.75) is 26.7 Å². The third-order valence-corrected chi connectivity index (χ3v) is 2.42. The molecule has 0 saturated carbocycles. The highest BCUT2D eigenvalue weighted by atomic mass is 19.1. The molecular formula is C12H18FN. The maximum atomic E-state index is 13.5. The summed E-state index contributed by atoms with van der Waals surface area (Å²) in [5.41, 5.74) is 2.93. The zero-order valence-electron chi connectivity index (χ0n) is 9.15. The Hall–Kier alpha value is -0.890. The van der Waals surface area contributed by atoms with Gasteiger partial charge in [-0.15, -0.1) is 0 Å². The van der Waals surface area contributed by atoms with Gasteiger partial charge in [0.15, 0.2) is 0 Å². The lowest BCUT2D eigenvalue weighted by atomic mass is 10.0. The highest BCUT2D eigenvalue weighted by Crippen LogP contribution is 2.16. The van der Waals surface area contributed by atoms with Crippen LogP contribution in [-0.4, -0.2) is 13.6 Å². The first kappa shape index (κ1) is 11.2. The summed E-state index contributed by atoms with van der Waals surface area (Å²) in [5.74, 6) is -0.0568. The third kappa shape index (κ3) is 2.81. The Kier molecular flexibility index (Phi) is 4.08. The minimum atomic E-state index is -0.0568. The molecule has 0 aliphatic rings. The third-order valence-electron chi connectivity index (χ3n) is 2.42. The van der Waals surface area contributed by atoms with Crippen LogP contribution in [0.5, 0.6) is 0 Å². The van der Waals surface area contributed by atoms with Gasteiger partial charge in [0.05, 0.1) is 0 Å². The van der Waals surface area contributed by atoms with Crippen molar-refractivity contribution in [2.24, 2.45) is 0 Å². The van der Waals surface area contributed by atoms with E-state index in [1.807, 2.05) is 27.0 Å². The number of halogens is 1. The largest absolute Gasteiger partial charge is 0.320 e. The molecule has 0 aliphatic carbocycles. The van der Waals surface area contributed by atoms with Gasteiger partial charge in [-0.25, -0.2) is 4.39 Å². The van der Waals surface area contributed by atoms with Gasteiger partial charge in [-0.05, 0) is 63.0 Å². The normalized spacial score (nSPS) is 10.6. The van der Waals surface area contributed by atoms with Gasteiger partial charge >= 0.3 is 0 Å². The van der Waals surface area contributed by atoms with Gasteiger partial charge in [-0.2, -0.15) is 0 Å². The van der Waals surface area contributed by atoms with Gasteiger partial charge in [-0.3, -0.25) is 0 Å². The molecule has 1 N–H and O–H groups in total. The summed E-state index contributed by atoms with van der Waals surface area (Å²) in [5, 5.41) is 3.07. The first-order valence-electron chi connectivity index (χ1n) is 5.05. The Morgan fingerprint density at radius 1 is 1.29 bits per heavy atom. The molecule has 0 radical (unpaired) electrons. The molecule has 0 aromatic heterocycles. The van der Waals surface area contributed by atoms with Gasteiger partial charge < -0.3 is 5.32 Å². The van der Waals surface area contributed by atoms with Crippen molar-refractivity contribution in [3.63, 3.8) is 0 Å². The summed E-state index contributed by atoms with van der Waals surface area (Å²) in [4.78, 5) is 0. The lowest BCUT2D eigenvalue weighted by Gasteiger charge is -2.08. The van der Waals surface area contributed by atoms with Crippen LogP contribution in [0.2, 0.25) is 0 Å². The fourth-order valence-corrected chi connectivity index (χ4v) is 1.70. The lowest BCUT2D eigenvalue weighted by molar-refractivity contribution is 0.597. The Morgan fingerprint density at radius 3 is 2.57 bits per heavy atom. The van der Waals surface area contributed by atoms with Crippen molar-refractivity contribution in [3.8, 4) is 0 Å². The number of aryl methyl sites for hydroxylation is 2. The molecule has 1 rings (SSSR count). The Bertz CT molecular complexity index is 284. The van der Waals surface area contributed by atoms with Crippen molar-refractivity contribution < 1.29 is 4.39 Å². The monoisotopic (exact) mass is 195 g/mol. The summed E-state index contributed by atoms with van der Waals surface area (Å²) in [6, 6.07) is 3.65. The van der Waals surface area contributed by atoms with Crippen LogP contribution in [-0.2, 0) is 6.42 Å². The molecule has 0 saturated heterocycles. The van der Waals surface area contributed by atoms with Gasteiger partial charge in [0.25, 0.3) is 0 Å². The number of nitrogens with one attached hydrogen (secondary N) is 1. The first-order chi connectivity index (χ1) is 6.65. The van der Waals surface area contributed by atoms with Gasteiger partial charge in [0, 0.05) is 0 Å². The average molecular weight is 195 g/mol. The summed E-state index contributed by atoms with van der Waals surface area (Å²) in [7, 11) is 1.92. The fraction of sp³-hybridized carbons (Fsp3) is 0.500. The second-order valence-electron chi connectivity index (χ2n) is 3.75. The van der Waals surface area contributed by atoms with E-state index in [-0.39, 0.29) is 5.82 Å². The quantitative estimate of drug-likeness (QED) is 0.728. The molecule has 0 bridgehead atoms. The molecule has 1 nitrogen and oxygen atoms in total. The van der Waals surface area contributed by atoms with Crippen LogP contribution in [0.4, 0.5) is 4.39 Å². The Labute approximate surface area is 85.3 Å². The van der Waals surface area contributed by atoms with E-state index in [0.717, 1.165) is 36.1 Å². The number of benzene rings is 1. The smallest absolute Gasteiger partial charge is 0.126 e. The first-order valence-corrected chi connectivity index (χ1v) is 5.05. The van der Waals surface area contributed by atoms with E-state index >= 15 is 0 Å². The van der Waals surface area contributed by atoms with E-state index in [0.29, 0.717) is 0 Å². The minimum Gasteiger partial charge on any atom is -0.320 e. The van der Waals surface area contributed by atoms with E-state index in [9.17, 15) is 4.39 Å². The van der Waals surface area contributed by atoms with Gasteiger partial charge in [0.1, 0.15) is 5.82 Å². The van der Waals surface area contributed by atoms with Crippen molar-refractivity contribution >= 4 is 0 Å². The molecular weight excluding hydrogens is 177 g/mol. The lowest BCUT2D eigenvalue weighted by Crippen LogP contribution is -2.09. The van der Waals surface area contributed by atoms with Crippen molar-refractivity contribution in [2.75, 3.05) is 13.6 Å². The second kappa shape index (κ2) is 5.11. The standard InChI is InChI=1S/C12H18FN/c1-9-7-10(2)11(12(13)8-9)5-4-6-14-3/h7-8,14H,4-6H2,1-3H3. The molecule has 0 fully saturated rings. The van der Waals surface area contributed by atoms with E-state index in [2.05, 4.69) is 5.32 Å². The summed E-state index contributed by atoms with van der Waals surface area (Å²) in [6.07, 6.45) is 1.80. The fourth-order valence-electron chi connectivity index (χ4n) is 1.70. The predicted octanol–water partition coefficient (Wildman–Crippen LogP) is 2.59. The van der Waals surface area contributed by atoms with Gasteiger partial charge in [0.2, 0.25) is 0 Å². The maximum Gasteiger partial charge on any atom is 0.126 e. The summed E-state index contributed by atoms with van der Waals surface area (Å²) >= 11 is 0. The molecule has 0 aliphatic heterocycles. The molecule has 0 spiro atoms. The summed E-state index contributed by atoms with van der Waals surface area (Å²) in [6.45, 7) is 4.84. The van der Waals surface area contributed by atoms with Crippen molar-refractivity contribution in [1.82, 2.24) is 5.32 Å². The highest BCUT2D eigenvalue weighted by molar-refractivity contribution is 5.32. The van der Waals surface area contributed by atoms with Crippen LogP contribution in [0, 0.1) is 19.7 Å². The Morgan fingerprint density at radius 2 is 2.00 bits per heavy atom. The van der Waals surface area contributed by atoms with Crippen LogP contribution in [0.1, 0.15) is 23.1 Å². The number of hydrogen-bond donors (Lipinski definition) is 1. The van der Waals surface area contributed by atoms with Crippen LogP contribution < -0.4 is 5.32 Å². The number of rotatable bonds is 4. The van der Waals surface area contributed by atoms with Crippen LogP contribution in [0.3, 0.4) is 0 Å². The molecule has 1 aromatic carbocycles. The molecule has 0 atom stereocenters.